The van der Waals surface area contributed by atoms with Crippen molar-refractivity contribution < 1.29 is 14.2 Å². The standard InChI is InChI=1S/C22H27N3O3.HI/c1-23-22(24-11-10-16-8-9-20-21(12-16)28-15-27-20)25-13-18-4-2-3-5-19(18)26-14-17-6-7-17;/h2-5,8-9,12,17H,6-7,10-11,13-15H2,1H3,(H2,23,24,25);1H. The van der Waals surface area contributed by atoms with Gasteiger partial charge in [-0.3, -0.25) is 4.99 Å². The van der Waals surface area contributed by atoms with E-state index in [1.807, 2.05) is 30.3 Å². The van der Waals surface area contributed by atoms with Crippen molar-refractivity contribution in [3.05, 3.63) is 53.6 Å². The number of nitrogens with one attached hydrogen (secondary N) is 2. The van der Waals surface area contributed by atoms with Crippen molar-refractivity contribution in [2.45, 2.75) is 25.8 Å². The molecule has 0 amide bonds. The molecule has 1 aliphatic heterocycles. The first-order valence-electron chi connectivity index (χ1n) is 9.85. The van der Waals surface area contributed by atoms with Gasteiger partial charge in [-0.2, -0.15) is 0 Å². The van der Waals surface area contributed by atoms with Gasteiger partial charge in [0.2, 0.25) is 6.79 Å². The van der Waals surface area contributed by atoms with Crippen LogP contribution in [0.15, 0.2) is 47.5 Å². The van der Waals surface area contributed by atoms with Crippen LogP contribution in [0.2, 0.25) is 0 Å². The number of guanidine groups is 1. The Hall–Kier alpha value is -2.16. The molecular weight excluding hydrogens is 481 g/mol. The number of benzene rings is 2. The lowest BCUT2D eigenvalue weighted by atomic mass is 10.1. The Morgan fingerprint density at radius 3 is 2.76 bits per heavy atom. The van der Waals surface area contributed by atoms with Crippen LogP contribution in [-0.4, -0.2) is 33.0 Å². The van der Waals surface area contributed by atoms with Crippen molar-refractivity contribution in [2.75, 3.05) is 27.0 Å². The van der Waals surface area contributed by atoms with E-state index in [4.69, 9.17) is 14.2 Å². The summed E-state index contributed by atoms with van der Waals surface area (Å²) in [4.78, 5) is 4.31. The number of ether oxygens (including phenoxy) is 3. The predicted molar refractivity (Wildman–Crippen MR) is 125 cm³/mol. The van der Waals surface area contributed by atoms with E-state index in [0.717, 1.165) is 54.3 Å². The molecule has 1 aliphatic carbocycles. The molecule has 2 aliphatic rings. The van der Waals surface area contributed by atoms with Crippen LogP contribution in [0.25, 0.3) is 0 Å². The van der Waals surface area contributed by atoms with E-state index in [2.05, 4.69) is 27.8 Å². The molecule has 4 rings (SSSR count). The number of nitrogens with zero attached hydrogens (tertiary/aromatic N) is 1. The average molecular weight is 509 g/mol. The van der Waals surface area contributed by atoms with Gasteiger partial charge in [-0.1, -0.05) is 24.3 Å². The van der Waals surface area contributed by atoms with Crippen molar-refractivity contribution in [3.63, 3.8) is 0 Å². The molecule has 1 heterocycles. The summed E-state index contributed by atoms with van der Waals surface area (Å²) in [5.74, 6) is 4.11. The Bertz CT molecular complexity index is 840. The third-order valence-corrected chi connectivity index (χ3v) is 4.96. The summed E-state index contributed by atoms with van der Waals surface area (Å²) in [5, 5.41) is 6.73. The van der Waals surface area contributed by atoms with Crippen molar-refractivity contribution in [2.24, 2.45) is 10.9 Å². The van der Waals surface area contributed by atoms with Crippen molar-refractivity contribution in [3.8, 4) is 17.2 Å². The molecule has 2 aromatic carbocycles. The molecule has 1 saturated carbocycles. The average Bonchev–Trinajstić information content (AvgIpc) is 3.44. The van der Waals surface area contributed by atoms with E-state index in [9.17, 15) is 0 Å². The molecule has 2 N–H and O–H groups in total. The summed E-state index contributed by atoms with van der Waals surface area (Å²) >= 11 is 0. The van der Waals surface area contributed by atoms with Crippen LogP contribution in [0.4, 0.5) is 0 Å². The third-order valence-electron chi connectivity index (χ3n) is 4.96. The lowest BCUT2D eigenvalue weighted by Gasteiger charge is -2.15. The second-order valence-electron chi connectivity index (χ2n) is 7.15. The van der Waals surface area contributed by atoms with Crippen LogP contribution >= 0.6 is 24.0 Å². The maximum Gasteiger partial charge on any atom is 0.231 e. The first-order chi connectivity index (χ1) is 13.8. The molecule has 0 spiro atoms. The first kappa shape index (κ1) is 21.5. The van der Waals surface area contributed by atoms with Crippen LogP contribution < -0.4 is 24.8 Å². The molecule has 0 aromatic heterocycles. The van der Waals surface area contributed by atoms with E-state index < -0.39 is 0 Å². The highest BCUT2D eigenvalue weighted by molar-refractivity contribution is 14.0. The Kier molecular flexibility index (Phi) is 7.85. The number of hydrogen-bond donors (Lipinski definition) is 2. The highest BCUT2D eigenvalue weighted by atomic mass is 127. The molecule has 1 fully saturated rings. The molecule has 6 nitrogen and oxygen atoms in total. The number of halogens is 1. The van der Waals surface area contributed by atoms with Crippen LogP contribution in [0.1, 0.15) is 24.0 Å². The van der Waals surface area contributed by atoms with Crippen LogP contribution in [0, 0.1) is 5.92 Å². The van der Waals surface area contributed by atoms with Gasteiger partial charge in [0.15, 0.2) is 17.5 Å². The Morgan fingerprint density at radius 2 is 1.93 bits per heavy atom. The zero-order valence-electron chi connectivity index (χ0n) is 16.6. The summed E-state index contributed by atoms with van der Waals surface area (Å²) < 4.78 is 16.8. The number of para-hydroxylation sites is 1. The number of rotatable bonds is 8. The smallest absolute Gasteiger partial charge is 0.231 e. The van der Waals surface area contributed by atoms with Gasteiger partial charge in [0.25, 0.3) is 0 Å². The molecule has 2 aromatic rings. The molecule has 0 saturated heterocycles. The zero-order chi connectivity index (χ0) is 19.2. The summed E-state index contributed by atoms with van der Waals surface area (Å²) in [7, 11) is 1.78. The van der Waals surface area contributed by atoms with Gasteiger partial charge in [0.05, 0.1) is 6.61 Å². The second kappa shape index (κ2) is 10.6. The van der Waals surface area contributed by atoms with E-state index in [0.29, 0.717) is 13.3 Å². The van der Waals surface area contributed by atoms with Crippen molar-refractivity contribution in [1.29, 1.82) is 0 Å². The minimum atomic E-state index is 0. The molecule has 156 valence electrons. The fourth-order valence-electron chi connectivity index (χ4n) is 3.10. The van der Waals surface area contributed by atoms with Gasteiger partial charge in [0, 0.05) is 25.7 Å². The van der Waals surface area contributed by atoms with Crippen LogP contribution in [0.5, 0.6) is 17.2 Å². The van der Waals surface area contributed by atoms with Gasteiger partial charge in [-0.25, -0.2) is 0 Å². The Labute approximate surface area is 189 Å². The normalized spacial score (nSPS) is 14.9. The minimum absolute atomic E-state index is 0. The molecule has 0 atom stereocenters. The summed E-state index contributed by atoms with van der Waals surface area (Å²) in [5.41, 5.74) is 2.34. The molecular formula is C22H28IN3O3. The Morgan fingerprint density at radius 1 is 1.10 bits per heavy atom. The first-order valence-corrected chi connectivity index (χ1v) is 9.85. The SMILES string of the molecule is CN=C(NCCc1ccc2c(c1)OCO2)NCc1ccccc1OCC1CC1.I. The monoisotopic (exact) mass is 509 g/mol. The summed E-state index contributed by atoms with van der Waals surface area (Å²) in [6, 6.07) is 14.3. The second-order valence-corrected chi connectivity index (χ2v) is 7.15. The van der Waals surface area contributed by atoms with E-state index in [-0.39, 0.29) is 24.0 Å². The quantitative estimate of drug-likeness (QED) is 0.323. The fraction of sp³-hybridized carbons (Fsp3) is 0.409. The lowest BCUT2D eigenvalue weighted by molar-refractivity contribution is 0.174. The van der Waals surface area contributed by atoms with E-state index in [1.165, 1.54) is 18.4 Å². The number of hydrogen-bond acceptors (Lipinski definition) is 4. The largest absolute Gasteiger partial charge is 0.493 e. The van der Waals surface area contributed by atoms with Gasteiger partial charge in [-0.15, -0.1) is 24.0 Å². The highest BCUT2D eigenvalue weighted by Crippen LogP contribution is 2.32. The maximum absolute atomic E-state index is 5.98. The Balaban J connectivity index is 0.00000240. The van der Waals surface area contributed by atoms with Crippen LogP contribution in [0.3, 0.4) is 0 Å². The lowest BCUT2D eigenvalue weighted by Crippen LogP contribution is -2.37. The summed E-state index contributed by atoms with van der Waals surface area (Å²) in [6.07, 6.45) is 3.46. The van der Waals surface area contributed by atoms with Gasteiger partial charge < -0.3 is 24.8 Å². The summed E-state index contributed by atoms with van der Waals surface area (Å²) in [6.45, 7) is 2.57. The predicted octanol–water partition coefficient (Wildman–Crippen LogP) is 3.73. The fourth-order valence-corrected chi connectivity index (χ4v) is 3.10. The molecule has 0 unspecified atom stereocenters. The molecule has 7 heteroatoms. The zero-order valence-corrected chi connectivity index (χ0v) is 19.0. The highest BCUT2D eigenvalue weighted by Gasteiger charge is 2.22. The maximum atomic E-state index is 5.98. The molecule has 0 bridgehead atoms. The number of fused-ring (bicyclic) bond motifs is 1. The molecule has 29 heavy (non-hydrogen) atoms. The van der Waals surface area contributed by atoms with E-state index in [1.54, 1.807) is 7.05 Å². The minimum Gasteiger partial charge on any atom is -0.493 e. The number of aliphatic imine (C=N–C) groups is 1. The molecule has 0 radical (unpaired) electrons. The topological polar surface area (TPSA) is 64.1 Å². The van der Waals surface area contributed by atoms with Gasteiger partial charge in [0.1, 0.15) is 5.75 Å². The van der Waals surface area contributed by atoms with E-state index >= 15 is 0 Å². The van der Waals surface area contributed by atoms with Crippen LogP contribution in [-0.2, 0) is 13.0 Å². The van der Waals surface area contributed by atoms with Gasteiger partial charge >= 0.3 is 0 Å². The van der Waals surface area contributed by atoms with Crippen molar-refractivity contribution >= 4 is 29.9 Å². The third kappa shape index (κ3) is 6.16. The van der Waals surface area contributed by atoms with Gasteiger partial charge in [-0.05, 0) is 48.9 Å². The van der Waals surface area contributed by atoms with Crippen molar-refractivity contribution in [1.82, 2.24) is 10.6 Å².